The van der Waals surface area contributed by atoms with Crippen LogP contribution in [0, 0.1) is 6.92 Å². The van der Waals surface area contributed by atoms with Crippen molar-refractivity contribution < 1.29 is 9.53 Å². The quantitative estimate of drug-likeness (QED) is 0.844. The van der Waals surface area contributed by atoms with Crippen molar-refractivity contribution in [1.82, 2.24) is 14.5 Å². The average Bonchev–Trinajstić information content (AvgIpc) is 2.55. The number of rotatable bonds is 2. The lowest BCUT2D eigenvalue weighted by molar-refractivity contribution is 0.00360. The molecule has 122 valence electrons. The highest BCUT2D eigenvalue weighted by Crippen LogP contribution is 2.17. The van der Waals surface area contributed by atoms with Crippen LogP contribution in [0.5, 0.6) is 0 Å². The SMILES string of the molecule is CCn1c(=O)c(C)nc2cc(C(=O)N3CCOCC3C)ccc21. The first-order valence-corrected chi connectivity index (χ1v) is 7.93. The number of amides is 1. The molecule has 0 bridgehead atoms. The molecule has 1 aromatic carbocycles. The lowest BCUT2D eigenvalue weighted by Crippen LogP contribution is -2.47. The largest absolute Gasteiger partial charge is 0.377 e. The van der Waals surface area contributed by atoms with E-state index in [1.165, 1.54) is 0 Å². The number of carbonyl (C=O) groups excluding carboxylic acids is 1. The van der Waals surface area contributed by atoms with Gasteiger partial charge in [-0.25, -0.2) is 4.98 Å². The minimum absolute atomic E-state index is 0.0172. The first-order chi connectivity index (χ1) is 11.0. The number of aromatic nitrogens is 2. The van der Waals surface area contributed by atoms with Crippen molar-refractivity contribution in [3.8, 4) is 0 Å². The van der Waals surface area contributed by atoms with E-state index in [0.717, 1.165) is 5.52 Å². The van der Waals surface area contributed by atoms with Crippen LogP contribution < -0.4 is 5.56 Å². The van der Waals surface area contributed by atoms with E-state index in [-0.39, 0.29) is 17.5 Å². The van der Waals surface area contributed by atoms with Gasteiger partial charge in [0.2, 0.25) is 0 Å². The smallest absolute Gasteiger partial charge is 0.272 e. The first kappa shape index (κ1) is 15.7. The highest BCUT2D eigenvalue weighted by Gasteiger charge is 2.25. The van der Waals surface area contributed by atoms with E-state index in [0.29, 0.717) is 43.1 Å². The molecule has 1 fully saturated rings. The molecule has 1 aliphatic rings. The minimum Gasteiger partial charge on any atom is -0.377 e. The highest BCUT2D eigenvalue weighted by molar-refractivity contribution is 5.97. The average molecular weight is 315 g/mol. The number of aryl methyl sites for hydroxylation is 2. The van der Waals surface area contributed by atoms with Gasteiger partial charge in [0.15, 0.2) is 0 Å². The van der Waals surface area contributed by atoms with E-state index >= 15 is 0 Å². The summed E-state index contributed by atoms with van der Waals surface area (Å²) >= 11 is 0. The molecular formula is C17H21N3O3. The number of ether oxygens (including phenoxy) is 1. The molecule has 1 aromatic heterocycles. The lowest BCUT2D eigenvalue weighted by Gasteiger charge is -2.33. The monoisotopic (exact) mass is 315 g/mol. The summed E-state index contributed by atoms with van der Waals surface area (Å²) in [5.41, 5.74) is 2.40. The summed E-state index contributed by atoms with van der Waals surface area (Å²) in [7, 11) is 0. The number of morpholine rings is 1. The minimum atomic E-state index is -0.0825. The van der Waals surface area contributed by atoms with Crippen molar-refractivity contribution in [2.75, 3.05) is 19.8 Å². The third kappa shape index (κ3) is 2.74. The Morgan fingerprint density at radius 3 is 2.91 bits per heavy atom. The fourth-order valence-electron chi connectivity index (χ4n) is 3.02. The van der Waals surface area contributed by atoms with E-state index in [2.05, 4.69) is 4.98 Å². The molecule has 6 nitrogen and oxygen atoms in total. The molecule has 6 heteroatoms. The number of hydrogen-bond donors (Lipinski definition) is 0. The normalized spacial score (nSPS) is 18.4. The maximum atomic E-state index is 12.7. The summed E-state index contributed by atoms with van der Waals surface area (Å²) in [6.45, 7) is 7.91. The van der Waals surface area contributed by atoms with Crippen molar-refractivity contribution in [2.45, 2.75) is 33.4 Å². The molecule has 2 aromatic rings. The molecular weight excluding hydrogens is 294 g/mol. The number of hydrogen-bond acceptors (Lipinski definition) is 4. The topological polar surface area (TPSA) is 64.4 Å². The third-order valence-corrected chi connectivity index (χ3v) is 4.30. The van der Waals surface area contributed by atoms with Gasteiger partial charge in [-0.15, -0.1) is 0 Å². The molecule has 0 spiro atoms. The van der Waals surface area contributed by atoms with E-state index in [9.17, 15) is 9.59 Å². The van der Waals surface area contributed by atoms with Gasteiger partial charge in [-0.05, 0) is 39.0 Å². The lowest BCUT2D eigenvalue weighted by atomic mass is 10.1. The molecule has 1 amide bonds. The Bertz CT molecular complexity index is 813. The van der Waals surface area contributed by atoms with Gasteiger partial charge < -0.3 is 14.2 Å². The third-order valence-electron chi connectivity index (χ3n) is 4.30. The summed E-state index contributed by atoms with van der Waals surface area (Å²) in [5.74, 6) is -0.0172. The molecule has 0 radical (unpaired) electrons. The Labute approximate surface area is 134 Å². The Morgan fingerprint density at radius 2 is 2.22 bits per heavy atom. The van der Waals surface area contributed by atoms with Crippen molar-refractivity contribution >= 4 is 16.9 Å². The van der Waals surface area contributed by atoms with E-state index < -0.39 is 0 Å². The van der Waals surface area contributed by atoms with Crippen LogP contribution in [0.25, 0.3) is 11.0 Å². The molecule has 0 saturated carbocycles. The van der Waals surface area contributed by atoms with Gasteiger partial charge in [-0.1, -0.05) is 0 Å². The van der Waals surface area contributed by atoms with Crippen LogP contribution in [0.4, 0.5) is 0 Å². The number of nitrogens with zero attached hydrogens (tertiary/aromatic N) is 3. The van der Waals surface area contributed by atoms with Crippen LogP contribution in [-0.4, -0.2) is 46.2 Å². The van der Waals surface area contributed by atoms with Gasteiger partial charge in [-0.3, -0.25) is 9.59 Å². The molecule has 1 saturated heterocycles. The summed E-state index contributed by atoms with van der Waals surface area (Å²) in [6.07, 6.45) is 0. The Balaban J connectivity index is 2.05. The summed E-state index contributed by atoms with van der Waals surface area (Å²) < 4.78 is 7.07. The van der Waals surface area contributed by atoms with Gasteiger partial charge in [0.1, 0.15) is 5.69 Å². The Hall–Kier alpha value is -2.21. The number of carbonyl (C=O) groups is 1. The molecule has 1 unspecified atom stereocenters. The second-order valence-corrected chi connectivity index (χ2v) is 5.87. The van der Waals surface area contributed by atoms with Gasteiger partial charge in [-0.2, -0.15) is 0 Å². The van der Waals surface area contributed by atoms with Crippen LogP contribution in [-0.2, 0) is 11.3 Å². The van der Waals surface area contributed by atoms with Crippen molar-refractivity contribution in [1.29, 1.82) is 0 Å². The van der Waals surface area contributed by atoms with Crippen LogP contribution in [0.3, 0.4) is 0 Å². The highest BCUT2D eigenvalue weighted by atomic mass is 16.5. The molecule has 2 heterocycles. The predicted molar refractivity (Wildman–Crippen MR) is 87.7 cm³/mol. The van der Waals surface area contributed by atoms with E-state index in [4.69, 9.17) is 4.74 Å². The predicted octanol–water partition coefficient (Wildman–Crippen LogP) is 1.59. The van der Waals surface area contributed by atoms with E-state index in [1.54, 1.807) is 23.6 Å². The molecule has 3 rings (SSSR count). The summed E-state index contributed by atoms with van der Waals surface area (Å²) in [6, 6.07) is 5.42. The van der Waals surface area contributed by atoms with Gasteiger partial charge in [0.05, 0.1) is 30.3 Å². The van der Waals surface area contributed by atoms with Gasteiger partial charge in [0.25, 0.3) is 11.5 Å². The van der Waals surface area contributed by atoms with Crippen LogP contribution >= 0.6 is 0 Å². The maximum absolute atomic E-state index is 12.7. The summed E-state index contributed by atoms with van der Waals surface area (Å²) in [4.78, 5) is 31.1. The zero-order chi connectivity index (χ0) is 16.6. The fourth-order valence-corrected chi connectivity index (χ4v) is 3.02. The number of benzene rings is 1. The fraction of sp³-hybridized carbons (Fsp3) is 0.471. The van der Waals surface area contributed by atoms with Gasteiger partial charge >= 0.3 is 0 Å². The van der Waals surface area contributed by atoms with Crippen LogP contribution in [0.2, 0.25) is 0 Å². The second kappa shape index (κ2) is 6.12. The Morgan fingerprint density at radius 1 is 1.43 bits per heavy atom. The van der Waals surface area contributed by atoms with Crippen LogP contribution in [0.15, 0.2) is 23.0 Å². The standard InChI is InChI=1S/C17H21N3O3/c1-4-19-15-6-5-13(9-14(15)18-12(3)16(19)21)17(22)20-7-8-23-10-11(20)2/h5-6,9,11H,4,7-8,10H2,1-3H3. The second-order valence-electron chi connectivity index (χ2n) is 5.87. The molecule has 23 heavy (non-hydrogen) atoms. The van der Waals surface area contributed by atoms with Crippen LogP contribution in [0.1, 0.15) is 29.9 Å². The Kier molecular flexibility index (Phi) is 4.17. The zero-order valence-electron chi connectivity index (χ0n) is 13.7. The van der Waals surface area contributed by atoms with Crippen molar-refractivity contribution in [3.63, 3.8) is 0 Å². The van der Waals surface area contributed by atoms with Gasteiger partial charge in [0, 0.05) is 18.7 Å². The zero-order valence-corrected chi connectivity index (χ0v) is 13.7. The first-order valence-electron chi connectivity index (χ1n) is 7.93. The number of fused-ring (bicyclic) bond motifs is 1. The van der Waals surface area contributed by atoms with E-state index in [1.807, 2.05) is 24.8 Å². The molecule has 0 N–H and O–H groups in total. The van der Waals surface area contributed by atoms with Crippen molar-refractivity contribution in [2.24, 2.45) is 0 Å². The summed E-state index contributed by atoms with van der Waals surface area (Å²) in [5, 5.41) is 0. The molecule has 1 aliphatic heterocycles. The molecule has 1 atom stereocenters. The maximum Gasteiger partial charge on any atom is 0.272 e. The molecule has 0 aliphatic carbocycles. The van der Waals surface area contributed by atoms with Crippen molar-refractivity contribution in [3.05, 3.63) is 39.8 Å².